The highest BCUT2D eigenvalue weighted by Gasteiger charge is 2.17. The lowest BCUT2D eigenvalue weighted by atomic mass is 9.97. The van der Waals surface area contributed by atoms with Gasteiger partial charge in [0, 0.05) is 17.8 Å². The lowest BCUT2D eigenvalue weighted by Gasteiger charge is -2.26. The number of benzene rings is 1. The highest BCUT2D eigenvalue weighted by molar-refractivity contribution is 7.99. The van der Waals surface area contributed by atoms with Crippen LogP contribution in [0.3, 0.4) is 0 Å². The van der Waals surface area contributed by atoms with E-state index in [0.29, 0.717) is 6.04 Å². The first-order valence-electron chi connectivity index (χ1n) is 7.65. The molecule has 2 rings (SSSR count). The molecular weight excluding hydrogens is 250 g/mol. The minimum atomic E-state index is 0.517. The largest absolute Gasteiger partial charge is 0.309 e. The van der Waals surface area contributed by atoms with Gasteiger partial charge in [-0.1, -0.05) is 50.6 Å². The number of hydrogen-bond acceptors (Lipinski definition) is 2. The van der Waals surface area contributed by atoms with Gasteiger partial charge in [0.05, 0.1) is 0 Å². The number of nitrogens with one attached hydrogen (secondary N) is 1. The van der Waals surface area contributed by atoms with Crippen LogP contribution in [-0.4, -0.2) is 17.5 Å². The van der Waals surface area contributed by atoms with Gasteiger partial charge in [0.15, 0.2) is 0 Å². The van der Waals surface area contributed by atoms with Crippen LogP contribution in [0.2, 0.25) is 0 Å². The Morgan fingerprint density at radius 2 is 2.00 bits per heavy atom. The standard InChI is InChI=1S/C17H27NS/c1-14(2)12-17(15-8-4-3-5-9-15)18-13-16-10-6-7-11-19-16/h3-5,8-9,14,16-18H,6-7,10-13H2,1-2H3. The molecule has 1 saturated heterocycles. The van der Waals surface area contributed by atoms with E-state index in [4.69, 9.17) is 0 Å². The molecule has 1 aliphatic rings. The predicted molar refractivity (Wildman–Crippen MR) is 86.7 cm³/mol. The van der Waals surface area contributed by atoms with Gasteiger partial charge in [-0.2, -0.15) is 11.8 Å². The average molecular weight is 277 g/mol. The number of hydrogen-bond donors (Lipinski definition) is 1. The van der Waals surface area contributed by atoms with E-state index in [1.165, 1.54) is 37.0 Å². The summed E-state index contributed by atoms with van der Waals surface area (Å²) in [6.45, 7) is 5.79. The van der Waals surface area contributed by atoms with Gasteiger partial charge in [-0.05, 0) is 36.5 Å². The van der Waals surface area contributed by atoms with Crippen LogP contribution in [-0.2, 0) is 0 Å². The lowest BCUT2D eigenvalue weighted by Crippen LogP contribution is -2.31. The minimum Gasteiger partial charge on any atom is -0.309 e. The van der Waals surface area contributed by atoms with Crippen LogP contribution in [0.5, 0.6) is 0 Å². The van der Waals surface area contributed by atoms with Crippen LogP contribution < -0.4 is 5.32 Å². The molecule has 0 amide bonds. The SMILES string of the molecule is CC(C)CC(NCC1CCCCS1)c1ccccc1. The van der Waals surface area contributed by atoms with Gasteiger partial charge in [-0.3, -0.25) is 0 Å². The highest BCUT2D eigenvalue weighted by atomic mass is 32.2. The van der Waals surface area contributed by atoms with Crippen molar-refractivity contribution in [3.63, 3.8) is 0 Å². The minimum absolute atomic E-state index is 0.517. The summed E-state index contributed by atoms with van der Waals surface area (Å²) < 4.78 is 0. The van der Waals surface area contributed by atoms with Gasteiger partial charge in [-0.15, -0.1) is 0 Å². The summed E-state index contributed by atoms with van der Waals surface area (Å²) >= 11 is 2.16. The molecule has 1 heterocycles. The molecule has 2 heteroatoms. The zero-order valence-corrected chi connectivity index (χ0v) is 13.1. The fraction of sp³-hybridized carbons (Fsp3) is 0.647. The molecule has 0 aliphatic carbocycles. The Balaban J connectivity index is 1.90. The molecule has 2 atom stereocenters. The molecular formula is C17H27NS. The monoisotopic (exact) mass is 277 g/mol. The first kappa shape index (κ1) is 14.9. The fourth-order valence-electron chi connectivity index (χ4n) is 2.74. The second-order valence-electron chi connectivity index (χ2n) is 5.99. The van der Waals surface area contributed by atoms with E-state index in [0.717, 1.165) is 17.7 Å². The van der Waals surface area contributed by atoms with Crippen molar-refractivity contribution in [3.05, 3.63) is 35.9 Å². The average Bonchev–Trinajstić information content (AvgIpc) is 2.45. The van der Waals surface area contributed by atoms with Crippen molar-refractivity contribution < 1.29 is 0 Å². The first-order valence-corrected chi connectivity index (χ1v) is 8.70. The van der Waals surface area contributed by atoms with Gasteiger partial charge >= 0.3 is 0 Å². The molecule has 19 heavy (non-hydrogen) atoms. The van der Waals surface area contributed by atoms with E-state index in [2.05, 4.69) is 61.3 Å². The number of rotatable bonds is 6. The summed E-state index contributed by atoms with van der Waals surface area (Å²) in [7, 11) is 0. The Kier molecular flexibility index (Phi) is 6.25. The Bertz CT molecular complexity index is 344. The molecule has 0 radical (unpaired) electrons. The third-order valence-corrected chi connectivity index (χ3v) is 5.17. The van der Waals surface area contributed by atoms with Crippen molar-refractivity contribution in [2.24, 2.45) is 5.92 Å². The zero-order chi connectivity index (χ0) is 13.5. The Labute approximate surface area is 122 Å². The Morgan fingerprint density at radius 1 is 1.21 bits per heavy atom. The third kappa shape index (κ3) is 5.19. The molecule has 1 aliphatic heterocycles. The molecule has 0 bridgehead atoms. The van der Waals surface area contributed by atoms with Crippen molar-refractivity contribution in [1.29, 1.82) is 0 Å². The molecule has 2 unspecified atom stereocenters. The molecule has 0 saturated carbocycles. The molecule has 106 valence electrons. The van der Waals surface area contributed by atoms with Crippen LogP contribution >= 0.6 is 11.8 Å². The topological polar surface area (TPSA) is 12.0 Å². The van der Waals surface area contributed by atoms with E-state index >= 15 is 0 Å². The second kappa shape index (κ2) is 7.96. The van der Waals surface area contributed by atoms with Gasteiger partial charge in [0.1, 0.15) is 0 Å². The van der Waals surface area contributed by atoms with Gasteiger partial charge in [0.2, 0.25) is 0 Å². The molecule has 1 fully saturated rings. The van der Waals surface area contributed by atoms with E-state index in [9.17, 15) is 0 Å². The van der Waals surface area contributed by atoms with E-state index in [1.807, 2.05) is 0 Å². The van der Waals surface area contributed by atoms with Crippen LogP contribution in [0, 0.1) is 5.92 Å². The fourth-order valence-corrected chi connectivity index (χ4v) is 3.99. The van der Waals surface area contributed by atoms with E-state index < -0.39 is 0 Å². The quantitative estimate of drug-likeness (QED) is 0.812. The van der Waals surface area contributed by atoms with Crippen molar-refractivity contribution in [2.75, 3.05) is 12.3 Å². The summed E-state index contributed by atoms with van der Waals surface area (Å²) in [5.41, 5.74) is 1.44. The Hall–Kier alpha value is -0.470. The van der Waals surface area contributed by atoms with Crippen molar-refractivity contribution >= 4 is 11.8 Å². The van der Waals surface area contributed by atoms with E-state index in [1.54, 1.807) is 0 Å². The molecule has 0 aromatic heterocycles. The van der Waals surface area contributed by atoms with Crippen LogP contribution in [0.4, 0.5) is 0 Å². The Morgan fingerprint density at radius 3 is 2.63 bits per heavy atom. The molecule has 1 aromatic rings. The predicted octanol–water partition coefficient (Wildman–Crippen LogP) is 4.65. The first-order chi connectivity index (χ1) is 9.25. The van der Waals surface area contributed by atoms with Gasteiger partial charge < -0.3 is 5.32 Å². The molecule has 0 spiro atoms. The van der Waals surface area contributed by atoms with Crippen LogP contribution in [0.15, 0.2) is 30.3 Å². The molecule has 1 N–H and O–H groups in total. The normalized spacial score (nSPS) is 21.5. The summed E-state index contributed by atoms with van der Waals surface area (Å²) in [5, 5.41) is 4.64. The third-order valence-electron chi connectivity index (χ3n) is 3.77. The summed E-state index contributed by atoms with van der Waals surface area (Å²) in [5.74, 6) is 2.09. The lowest BCUT2D eigenvalue weighted by molar-refractivity contribution is 0.424. The van der Waals surface area contributed by atoms with Crippen molar-refractivity contribution in [2.45, 2.75) is 50.8 Å². The molecule has 1 nitrogen and oxygen atoms in total. The summed E-state index contributed by atoms with van der Waals surface area (Å²) in [6.07, 6.45) is 5.44. The number of thioether (sulfide) groups is 1. The smallest absolute Gasteiger partial charge is 0.0323 e. The highest BCUT2D eigenvalue weighted by Crippen LogP contribution is 2.26. The maximum absolute atomic E-state index is 3.82. The van der Waals surface area contributed by atoms with Crippen molar-refractivity contribution in [3.8, 4) is 0 Å². The zero-order valence-electron chi connectivity index (χ0n) is 12.3. The van der Waals surface area contributed by atoms with Gasteiger partial charge in [0.25, 0.3) is 0 Å². The summed E-state index contributed by atoms with van der Waals surface area (Å²) in [6, 6.07) is 11.4. The summed E-state index contributed by atoms with van der Waals surface area (Å²) in [4.78, 5) is 0. The second-order valence-corrected chi connectivity index (χ2v) is 7.40. The van der Waals surface area contributed by atoms with Crippen LogP contribution in [0.25, 0.3) is 0 Å². The maximum atomic E-state index is 3.82. The van der Waals surface area contributed by atoms with Crippen molar-refractivity contribution in [1.82, 2.24) is 5.32 Å². The van der Waals surface area contributed by atoms with E-state index in [-0.39, 0.29) is 0 Å². The molecule has 1 aromatic carbocycles. The van der Waals surface area contributed by atoms with Gasteiger partial charge in [-0.25, -0.2) is 0 Å². The van der Waals surface area contributed by atoms with Crippen LogP contribution in [0.1, 0.15) is 51.1 Å². The maximum Gasteiger partial charge on any atom is 0.0323 e.